The molecule has 0 aliphatic rings. The molecule has 0 aliphatic heterocycles. The Labute approximate surface area is 165 Å². The van der Waals surface area contributed by atoms with Crippen LogP contribution in [0.5, 0.6) is 5.75 Å². The van der Waals surface area contributed by atoms with E-state index in [-0.39, 0.29) is 13.0 Å². The normalized spacial score (nSPS) is 10.4. The Morgan fingerprint density at radius 3 is 2.29 bits per heavy atom. The zero-order valence-electron chi connectivity index (χ0n) is 14.8. The highest BCUT2D eigenvalue weighted by Gasteiger charge is 2.26. The van der Waals surface area contributed by atoms with Crippen molar-refractivity contribution >= 4 is 35.3 Å². The van der Waals surface area contributed by atoms with Gasteiger partial charge in [0.05, 0.1) is 7.11 Å². The van der Waals surface area contributed by atoms with Crippen molar-refractivity contribution in [1.29, 1.82) is 0 Å². The van der Waals surface area contributed by atoms with E-state index in [2.05, 4.69) is 5.32 Å². The number of carboxylic acids is 2. The van der Waals surface area contributed by atoms with Crippen LogP contribution in [-0.4, -0.2) is 35.4 Å². The SMILES string of the molecule is COc1ccc(CC(C(=O)O)C(=O)O)cc1COC(=O)Nc1ccc(Cl)cc1. The molecule has 2 aromatic rings. The molecule has 28 heavy (non-hydrogen) atoms. The standard InChI is InChI=1S/C19H18ClNO7/c1-27-16-7-2-11(9-15(17(22)23)18(24)25)8-12(16)10-28-19(26)21-14-5-3-13(20)4-6-14/h2-8,15H,9-10H2,1H3,(H,21,26)(H,22,23)(H,24,25). The number of amides is 1. The number of nitrogens with one attached hydrogen (secondary N) is 1. The maximum absolute atomic E-state index is 11.9. The molecule has 0 atom stereocenters. The molecule has 0 aliphatic carbocycles. The van der Waals surface area contributed by atoms with Crippen molar-refractivity contribution in [2.24, 2.45) is 5.92 Å². The third kappa shape index (κ3) is 5.88. The number of anilines is 1. The van der Waals surface area contributed by atoms with Gasteiger partial charge in [0.2, 0.25) is 0 Å². The molecule has 0 bridgehead atoms. The van der Waals surface area contributed by atoms with Crippen molar-refractivity contribution < 1.29 is 34.1 Å². The molecule has 0 unspecified atom stereocenters. The highest BCUT2D eigenvalue weighted by Crippen LogP contribution is 2.23. The van der Waals surface area contributed by atoms with E-state index in [1.165, 1.54) is 7.11 Å². The number of methoxy groups -OCH3 is 1. The third-order valence-corrected chi connectivity index (χ3v) is 4.08. The van der Waals surface area contributed by atoms with Gasteiger partial charge in [0, 0.05) is 16.3 Å². The van der Waals surface area contributed by atoms with E-state index in [0.29, 0.717) is 27.6 Å². The molecule has 148 valence electrons. The van der Waals surface area contributed by atoms with E-state index in [9.17, 15) is 14.4 Å². The van der Waals surface area contributed by atoms with Crippen LogP contribution in [0.15, 0.2) is 42.5 Å². The first-order valence-corrected chi connectivity index (χ1v) is 8.48. The molecular weight excluding hydrogens is 390 g/mol. The third-order valence-electron chi connectivity index (χ3n) is 3.83. The molecule has 9 heteroatoms. The van der Waals surface area contributed by atoms with Crippen molar-refractivity contribution in [3.63, 3.8) is 0 Å². The number of benzene rings is 2. The molecule has 3 N–H and O–H groups in total. The number of halogens is 1. The maximum Gasteiger partial charge on any atom is 0.411 e. The van der Waals surface area contributed by atoms with E-state index in [0.717, 1.165) is 0 Å². The minimum atomic E-state index is -1.57. The largest absolute Gasteiger partial charge is 0.496 e. The van der Waals surface area contributed by atoms with E-state index >= 15 is 0 Å². The minimum absolute atomic E-state index is 0.152. The average molecular weight is 408 g/mol. The van der Waals surface area contributed by atoms with Gasteiger partial charge in [-0.15, -0.1) is 0 Å². The lowest BCUT2D eigenvalue weighted by atomic mass is 9.98. The van der Waals surface area contributed by atoms with Crippen molar-refractivity contribution in [1.82, 2.24) is 0 Å². The van der Waals surface area contributed by atoms with Gasteiger partial charge in [0.1, 0.15) is 12.4 Å². The van der Waals surface area contributed by atoms with Gasteiger partial charge in [0.15, 0.2) is 5.92 Å². The first-order chi connectivity index (χ1) is 13.3. The molecule has 0 aromatic heterocycles. The van der Waals surface area contributed by atoms with Crippen LogP contribution in [0.4, 0.5) is 10.5 Å². The van der Waals surface area contributed by atoms with Crippen LogP contribution in [0, 0.1) is 5.92 Å². The first-order valence-electron chi connectivity index (χ1n) is 8.11. The second-order valence-corrected chi connectivity index (χ2v) is 6.22. The van der Waals surface area contributed by atoms with Crippen LogP contribution in [0.3, 0.4) is 0 Å². The molecule has 0 heterocycles. The summed E-state index contributed by atoms with van der Waals surface area (Å²) in [5.41, 5.74) is 1.44. The number of ether oxygens (including phenoxy) is 2. The Bertz CT molecular complexity index is 853. The van der Waals surface area contributed by atoms with Gasteiger partial charge in [-0.1, -0.05) is 17.7 Å². The van der Waals surface area contributed by atoms with Crippen LogP contribution in [-0.2, 0) is 27.4 Å². The van der Waals surface area contributed by atoms with Crippen molar-refractivity contribution in [3.05, 3.63) is 58.6 Å². The van der Waals surface area contributed by atoms with Gasteiger partial charge >= 0.3 is 18.0 Å². The smallest absolute Gasteiger partial charge is 0.411 e. The number of carbonyl (C=O) groups is 3. The molecule has 0 fully saturated rings. The Kier molecular flexibility index (Phi) is 7.22. The summed E-state index contributed by atoms with van der Waals surface area (Å²) in [6.45, 7) is -0.152. The molecule has 0 saturated carbocycles. The number of aliphatic carboxylic acids is 2. The topological polar surface area (TPSA) is 122 Å². The Hall–Kier alpha value is -3.26. The summed E-state index contributed by atoms with van der Waals surface area (Å²) in [6.07, 6.45) is -0.915. The fourth-order valence-corrected chi connectivity index (χ4v) is 2.54. The predicted octanol–water partition coefficient (Wildman–Crippen LogP) is 3.43. The summed E-state index contributed by atoms with van der Waals surface area (Å²) in [5, 5.41) is 21.1. The maximum atomic E-state index is 11.9. The average Bonchev–Trinajstić information content (AvgIpc) is 2.65. The van der Waals surface area contributed by atoms with E-state index in [1.54, 1.807) is 42.5 Å². The summed E-state index contributed by atoms with van der Waals surface area (Å²) in [4.78, 5) is 34.1. The predicted molar refractivity (Wildman–Crippen MR) is 101 cm³/mol. The number of hydrogen-bond acceptors (Lipinski definition) is 5. The Morgan fingerprint density at radius 1 is 1.07 bits per heavy atom. The summed E-state index contributed by atoms with van der Waals surface area (Å²) in [5.74, 6) is -4.01. The monoisotopic (exact) mass is 407 g/mol. The quantitative estimate of drug-likeness (QED) is 0.573. The van der Waals surface area contributed by atoms with Gasteiger partial charge in [-0.3, -0.25) is 14.9 Å². The summed E-state index contributed by atoms with van der Waals surface area (Å²) >= 11 is 5.78. The van der Waals surface area contributed by atoms with Crippen LogP contribution < -0.4 is 10.1 Å². The Morgan fingerprint density at radius 2 is 1.71 bits per heavy atom. The van der Waals surface area contributed by atoms with Crippen LogP contribution in [0.25, 0.3) is 0 Å². The van der Waals surface area contributed by atoms with Crippen molar-refractivity contribution in [2.75, 3.05) is 12.4 Å². The molecule has 2 aromatic carbocycles. The highest BCUT2D eigenvalue weighted by molar-refractivity contribution is 6.30. The lowest BCUT2D eigenvalue weighted by Gasteiger charge is -2.13. The fourth-order valence-electron chi connectivity index (χ4n) is 2.42. The molecule has 0 radical (unpaired) electrons. The Balaban J connectivity index is 2.06. The molecule has 1 amide bonds. The zero-order chi connectivity index (χ0) is 20.7. The van der Waals surface area contributed by atoms with Gasteiger partial charge in [-0.2, -0.15) is 0 Å². The van der Waals surface area contributed by atoms with E-state index < -0.39 is 23.9 Å². The number of hydrogen-bond donors (Lipinski definition) is 3. The van der Waals surface area contributed by atoms with E-state index in [4.69, 9.17) is 31.3 Å². The number of rotatable bonds is 8. The van der Waals surface area contributed by atoms with Gasteiger partial charge in [-0.25, -0.2) is 4.79 Å². The van der Waals surface area contributed by atoms with Gasteiger partial charge in [-0.05, 0) is 48.4 Å². The number of carbonyl (C=O) groups excluding carboxylic acids is 1. The van der Waals surface area contributed by atoms with Crippen molar-refractivity contribution in [3.8, 4) is 5.75 Å². The first kappa shape index (κ1) is 21.0. The van der Waals surface area contributed by atoms with Crippen molar-refractivity contribution in [2.45, 2.75) is 13.0 Å². The highest BCUT2D eigenvalue weighted by atomic mass is 35.5. The van der Waals surface area contributed by atoms with Gasteiger partial charge < -0.3 is 19.7 Å². The van der Waals surface area contributed by atoms with Crippen LogP contribution in [0.2, 0.25) is 5.02 Å². The summed E-state index contributed by atoms with van der Waals surface area (Å²) in [6, 6.07) is 11.1. The lowest BCUT2D eigenvalue weighted by Crippen LogP contribution is -2.25. The summed E-state index contributed by atoms with van der Waals surface area (Å²) in [7, 11) is 1.43. The summed E-state index contributed by atoms with van der Waals surface area (Å²) < 4.78 is 10.4. The van der Waals surface area contributed by atoms with Crippen LogP contribution >= 0.6 is 11.6 Å². The molecule has 2 rings (SSSR count). The fraction of sp³-hybridized carbons (Fsp3) is 0.211. The van der Waals surface area contributed by atoms with Crippen LogP contribution in [0.1, 0.15) is 11.1 Å². The zero-order valence-corrected chi connectivity index (χ0v) is 15.6. The second-order valence-electron chi connectivity index (χ2n) is 5.79. The molecule has 8 nitrogen and oxygen atoms in total. The molecule has 0 saturated heterocycles. The molecular formula is C19H18ClNO7. The minimum Gasteiger partial charge on any atom is -0.496 e. The second kappa shape index (κ2) is 9.61. The lowest BCUT2D eigenvalue weighted by molar-refractivity contribution is -0.154. The van der Waals surface area contributed by atoms with E-state index in [1.807, 2.05) is 0 Å². The molecule has 0 spiro atoms. The number of carboxylic acid groups (broad SMARTS) is 2. The van der Waals surface area contributed by atoms with Gasteiger partial charge in [0.25, 0.3) is 0 Å².